The molecule has 7 nitrogen and oxygen atoms in total. The first-order valence-electron chi connectivity index (χ1n) is 12.8. The highest BCUT2D eigenvalue weighted by molar-refractivity contribution is 6.50. The molecule has 2 aliphatic rings. The third-order valence-electron chi connectivity index (χ3n) is 6.83. The van der Waals surface area contributed by atoms with Gasteiger partial charge in [0.1, 0.15) is 5.71 Å². The van der Waals surface area contributed by atoms with Gasteiger partial charge in [-0.05, 0) is 87.9 Å². The van der Waals surface area contributed by atoms with E-state index in [1.54, 1.807) is 6.20 Å². The van der Waals surface area contributed by atoms with Crippen molar-refractivity contribution < 1.29 is 4.79 Å². The fourth-order valence-corrected chi connectivity index (χ4v) is 5.10. The molecule has 0 aliphatic carbocycles. The van der Waals surface area contributed by atoms with E-state index in [0.29, 0.717) is 5.71 Å². The van der Waals surface area contributed by atoms with Crippen molar-refractivity contribution in [1.82, 2.24) is 19.8 Å². The lowest BCUT2D eigenvalue weighted by molar-refractivity contribution is -0.110. The second-order valence-corrected chi connectivity index (χ2v) is 10.1. The number of benzene rings is 1. The summed E-state index contributed by atoms with van der Waals surface area (Å²) in [4.78, 5) is 31.6. The fourth-order valence-electron chi connectivity index (χ4n) is 5.10. The Labute approximate surface area is 213 Å². The molecule has 0 radical (unpaired) electrons. The molecule has 2 aliphatic heterocycles. The van der Waals surface area contributed by atoms with Crippen LogP contribution in [0.2, 0.25) is 0 Å². The molecule has 5 rings (SSSR count). The monoisotopic (exact) mass is 482 g/mol. The Balaban J connectivity index is 1.35. The summed E-state index contributed by atoms with van der Waals surface area (Å²) in [7, 11) is 4.09. The smallest absolute Gasteiger partial charge is 0.274 e. The van der Waals surface area contributed by atoms with Gasteiger partial charge in [-0.2, -0.15) is 0 Å². The zero-order valence-corrected chi connectivity index (χ0v) is 21.4. The van der Waals surface area contributed by atoms with E-state index in [1.165, 1.54) is 19.3 Å². The van der Waals surface area contributed by atoms with Crippen LogP contribution in [-0.2, 0) is 17.9 Å². The molecule has 1 aromatic carbocycles. The van der Waals surface area contributed by atoms with Gasteiger partial charge in [0.15, 0.2) is 0 Å². The Morgan fingerprint density at radius 1 is 1.06 bits per heavy atom. The number of piperidine rings is 1. The molecular formula is C29H34N6O. The van der Waals surface area contributed by atoms with Crippen molar-refractivity contribution in [2.45, 2.75) is 45.3 Å². The van der Waals surface area contributed by atoms with E-state index >= 15 is 0 Å². The second-order valence-electron chi connectivity index (χ2n) is 10.1. The first-order valence-corrected chi connectivity index (χ1v) is 12.8. The van der Waals surface area contributed by atoms with E-state index in [1.807, 2.05) is 45.5 Å². The Kier molecular flexibility index (Phi) is 7.20. The highest BCUT2D eigenvalue weighted by Gasteiger charge is 2.27. The summed E-state index contributed by atoms with van der Waals surface area (Å²) in [6, 6.07) is 12.2. The van der Waals surface area contributed by atoms with E-state index in [2.05, 4.69) is 49.4 Å². The number of carbonyl (C=O) groups is 1. The minimum Gasteiger partial charge on any atom is -0.321 e. The summed E-state index contributed by atoms with van der Waals surface area (Å²) in [5, 5.41) is 3.07. The van der Waals surface area contributed by atoms with Gasteiger partial charge in [0.05, 0.1) is 11.7 Å². The summed E-state index contributed by atoms with van der Waals surface area (Å²) in [6.07, 6.45) is 9.33. The predicted molar refractivity (Wildman–Crippen MR) is 144 cm³/mol. The molecule has 0 spiro atoms. The molecule has 1 amide bonds. The zero-order chi connectivity index (χ0) is 25.1. The predicted octanol–water partition coefficient (Wildman–Crippen LogP) is 4.69. The number of fused-ring (bicyclic) bond motifs is 1. The average molecular weight is 483 g/mol. The molecule has 2 aromatic heterocycles. The molecule has 1 N–H and O–H groups in total. The summed E-state index contributed by atoms with van der Waals surface area (Å²) in [6.45, 7) is 5.89. The number of hydrogen-bond acceptors (Lipinski definition) is 6. The zero-order valence-electron chi connectivity index (χ0n) is 21.4. The average Bonchev–Trinajstić information content (AvgIpc) is 3.20. The van der Waals surface area contributed by atoms with Gasteiger partial charge in [0.2, 0.25) is 0 Å². The molecule has 0 bridgehead atoms. The quantitative estimate of drug-likeness (QED) is 0.529. The van der Waals surface area contributed by atoms with E-state index < -0.39 is 0 Å². The number of nitrogens with one attached hydrogen (secondary N) is 1. The Hall–Kier alpha value is -3.42. The Morgan fingerprint density at radius 2 is 1.89 bits per heavy atom. The number of likely N-dealkylation sites (tertiary alicyclic amines) is 1. The maximum Gasteiger partial charge on any atom is 0.274 e. The highest BCUT2D eigenvalue weighted by Crippen LogP contribution is 2.33. The molecule has 36 heavy (non-hydrogen) atoms. The maximum atomic E-state index is 13.4. The van der Waals surface area contributed by atoms with Gasteiger partial charge in [-0.15, -0.1) is 0 Å². The molecule has 0 saturated carbocycles. The Bertz CT molecular complexity index is 1280. The van der Waals surface area contributed by atoms with Crippen LogP contribution in [0.5, 0.6) is 0 Å². The number of anilines is 1. The molecule has 1 fully saturated rings. The fraction of sp³-hybridized carbons (Fsp3) is 0.379. The Morgan fingerprint density at radius 3 is 2.69 bits per heavy atom. The van der Waals surface area contributed by atoms with Gasteiger partial charge in [-0.3, -0.25) is 24.7 Å². The third kappa shape index (κ3) is 5.53. The van der Waals surface area contributed by atoms with Gasteiger partial charge in [-0.25, -0.2) is 0 Å². The number of aliphatic imine (C=N–C) groups is 1. The van der Waals surface area contributed by atoms with Crippen LogP contribution in [0.3, 0.4) is 0 Å². The molecule has 7 heteroatoms. The van der Waals surface area contributed by atoms with Gasteiger partial charge in [0, 0.05) is 48.5 Å². The number of pyridine rings is 2. The first kappa shape index (κ1) is 24.3. The van der Waals surface area contributed by atoms with Gasteiger partial charge < -0.3 is 10.2 Å². The SMILES string of the molecule is C[C@@H]1N=C(C(=O)Nc2ccnc(CN3CCCCC3)c2)c2cc(-c3cncc(CN(C)C)c3)ccc21. The van der Waals surface area contributed by atoms with E-state index in [9.17, 15) is 4.79 Å². The molecule has 1 saturated heterocycles. The minimum atomic E-state index is -0.188. The first-order chi connectivity index (χ1) is 17.5. The van der Waals surface area contributed by atoms with Crippen LogP contribution in [0.25, 0.3) is 11.1 Å². The summed E-state index contributed by atoms with van der Waals surface area (Å²) < 4.78 is 0. The molecule has 3 aromatic rings. The molecule has 4 heterocycles. The lowest BCUT2D eigenvalue weighted by Crippen LogP contribution is -2.29. The van der Waals surface area contributed by atoms with E-state index in [0.717, 1.165) is 65.4 Å². The number of rotatable bonds is 7. The van der Waals surface area contributed by atoms with Crippen LogP contribution in [-0.4, -0.2) is 58.6 Å². The normalized spacial score (nSPS) is 17.7. The van der Waals surface area contributed by atoms with E-state index in [-0.39, 0.29) is 11.9 Å². The molecule has 186 valence electrons. The van der Waals surface area contributed by atoms with Crippen molar-refractivity contribution in [3.63, 3.8) is 0 Å². The van der Waals surface area contributed by atoms with Crippen LogP contribution in [0.15, 0.2) is 60.0 Å². The molecule has 0 unspecified atom stereocenters. The van der Waals surface area contributed by atoms with Crippen molar-refractivity contribution in [3.8, 4) is 11.1 Å². The van der Waals surface area contributed by atoms with Crippen molar-refractivity contribution in [2.75, 3.05) is 32.5 Å². The molecular weight excluding hydrogens is 448 g/mol. The van der Waals surface area contributed by atoms with Crippen molar-refractivity contribution in [1.29, 1.82) is 0 Å². The minimum absolute atomic E-state index is 0.0555. The van der Waals surface area contributed by atoms with Crippen LogP contribution in [0, 0.1) is 0 Å². The summed E-state index contributed by atoms with van der Waals surface area (Å²) in [5.74, 6) is -0.188. The third-order valence-corrected chi connectivity index (χ3v) is 6.83. The maximum absolute atomic E-state index is 13.4. The van der Waals surface area contributed by atoms with Crippen molar-refractivity contribution >= 4 is 17.3 Å². The number of carbonyl (C=O) groups excluding carboxylic acids is 1. The summed E-state index contributed by atoms with van der Waals surface area (Å²) >= 11 is 0. The topological polar surface area (TPSA) is 73.7 Å². The van der Waals surface area contributed by atoms with Crippen molar-refractivity contribution in [2.24, 2.45) is 4.99 Å². The van der Waals surface area contributed by atoms with Crippen LogP contribution < -0.4 is 5.32 Å². The lowest BCUT2D eigenvalue weighted by atomic mass is 9.96. The van der Waals surface area contributed by atoms with Gasteiger partial charge in [0.25, 0.3) is 5.91 Å². The van der Waals surface area contributed by atoms with Crippen LogP contribution >= 0.6 is 0 Å². The van der Waals surface area contributed by atoms with Crippen molar-refractivity contribution in [3.05, 3.63) is 77.4 Å². The van der Waals surface area contributed by atoms with E-state index in [4.69, 9.17) is 4.99 Å². The molecule has 1 atom stereocenters. The highest BCUT2D eigenvalue weighted by atomic mass is 16.1. The van der Waals surface area contributed by atoms with Crippen LogP contribution in [0.1, 0.15) is 54.6 Å². The van der Waals surface area contributed by atoms with Gasteiger partial charge in [-0.1, -0.05) is 18.6 Å². The number of hydrogen-bond donors (Lipinski definition) is 1. The summed E-state index contributed by atoms with van der Waals surface area (Å²) in [5.41, 5.74) is 7.38. The number of amides is 1. The number of aromatic nitrogens is 2. The largest absolute Gasteiger partial charge is 0.321 e. The number of nitrogens with zero attached hydrogens (tertiary/aromatic N) is 5. The van der Waals surface area contributed by atoms with Gasteiger partial charge >= 0.3 is 0 Å². The lowest BCUT2D eigenvalue weighted by Gasteiger charge is -2.26. The second kappa shape index (κ2) is 10.7. The standard InChI is InChI=1S/C29H34N6O/c1-20-26-8-7-22(23-13-21(16-30-17-23)18-34(2)3)14-27(26)28(32-20)29(36)33-24-9-10-31-25(15-24)19-35-11-5-4-6-12-35/h7-10,13-17,20H,4-6,11-12,18-19H2,1-3H3,(H,31,33,36)/t20-/m0/s1. The van der Waals surface area contributed by atoms with Crippen LogP contribution in [0.4, 0.5) is 5.69 Å².